The summed E-state index contributed by atoms with van der Waals surface area (Å²) in [5.74, 6) is 0. The summed E-state index contributed by atoms with van der Waals surface area (Å²) in [6.45, 7) is 6.56. The molecule has 0 aliphatic rings. The minimum atomic E-state index is 0.741. The molecule has 0 amide bonds. The smallest absolute Gasteiger partial charge is 0.0589 e. The zero-order valence-electron chi connectivity index (χ0n) is 15.8. The topological polar surface area (TPSA) is 17.4 Å². The number of aryl methyl sites for hydroxylation is 1. The maximum absolute atomic E-state index is 5.32. The molecule has 1 aromatic heterocycles. The highest BCUT2D eigenvalue weighted by molar-refractivity contribution is 5.23. The Hall–Kier alpha value is -2.36. The fourth-order valence-electron chi connectivity index (χ4n) is 3.26. The molecule has 0 aliphatic heterocycles. The third-order valence-corrected chi connectivity index (χ3v) is 4.61. The molecule has 0 radical (unpaired) electrons. The standard InChI is InChI=1S/C23H28N2O/c1-20-8-6-11-22(16-20)18-25-13-7-12-23(25)19-24(14-15-26-2)17-21-9-4-3-5-10-21/h3-13,16H,14-15,17-19H2,1-2H3. The summed E-state index contributed by atoms with van der Waals surface area (Å²) >= 11 is 0. The van der Waals surface area contributed by atoms with Gasteiger partial charge in [-0.1, -0.05) is 60.2 Å². The van der Waals surface area contributed by atoms with E-state index in [0.29, 0.717) is 0 Å². The zero-order chi connectivity index (χ0) is 18.2. The maximum atomic E-state index is 5.32. The van der Waals surface area contributed by atoms with Crippen LogP contribution < -0.4 is 0 Å². The number of ether oxygens (including phenoxy) is 1. The van der Waals surface area contributed by atoms with Gasteiger partial charge in [-0.3, -0.25) is 4.90 Å². The van der Waals surface area contributed by atoms with Crippen molar-refractivity contribution in [3.8, 4) is 0 Å². The highest BCUT2D eigenvalue weighted by Crippen LogP contribution is 2.14. The van der Waals surface area contributed by atoms with Gasteiger partial charge in [0.1, 0.15) is 0 Å². The van der Waals surface area contributed by atoms with Crippen LogP contribution in [0.1, 0.15) is 22.4 Å². The van der Waals surface area contributed by atoms with E-state index in [2.05, 4.69) is 89.3 Å². The summed E-state index contributed by atoms with van der Waals surface area (Å²) in [6.07, 6.45) is 2.18. The third-order valence-electron chi connectivity index (χ3n) is 4.61. The molecule has 3 aromatic rings. The van der Waals surface area contributed by atoms with Crippen molar-refractivity contribution < 1.29 is 4.74 Å². The van der Waals surface area contributed by atoms with Gasteiger partial charge in [-0.15, -0.1) is 0 Å². The summed E-state index contributed by atoms with van der Waals surface area (Å²) in [5, 5.41) is 0. The normalized spacial score (nSPS) is 11.2. The van der Waals surface area contributed by atoms with Gasteiger partial charge in [0.2, 0.25) is 0 Å². The lowest BCUT2D eigenvalue weighted by Gasteiger charge is -2.23. The molecular weight excluding hydrogens is 320 g/mol. The number of rotatable bonds is 9. The lowest BCUT2D eigenvalue weighted by Crippen LogP contribution is -2.27. The van der Waals surface area contributed by atoms with Crippen LogP contribution in [0.3, 0.4) is 0 Å². The van der Waals surface area contributed by atoms with Crippen molar-refractivity contribution in [3.05, 3.63) is 95.3 Å². The Labute approximate surface area is 156 Å². The molecule has 0 atom stereocenters. The first-order chi connectivity index (χ1) is 12.7. The Morgan fingerprint density at radius 1 is 0.885 bits per heavy atom. The minimum Gasteiger partial charge on any atom is -0.383 e. The summed E-state index contributed by atoms with van der Waals surface area (Å²) in [5.41, 5.74) is 5.31. The molecule has 0 N–H and O–H groups in total. The van der Waals surface area contributed by atoms with Gasteiger partial charge in [-0.25, -0.2) is 0 Å². The van der Waals surface area contributed by atoms with E-state index in [1.807, 2.05) is 0 Å². The second-order valence-corrected chi connectivity index (χ2v) is 6.81. The molecule has 0 aliphatic carbocycles. The lowest BCUT2D eigenvalue weighted by atomic mass is 10.1. The number of methoxy groups -OCH3 is 1. The van der Waals surface area contributed by atoms with E-state index in [1.54, 1.807) is 7.11 Å². The molecule has 0 fully saturated rings. The van der Waals surface area contributed by atoms with Crippen LogP contribution in [0.4, 0.5) is 0 Å². The second kappa shape index (κ2) is 9.37. The monoisotopic (exact) mass is 348 g/mol. The van der Waals surface area contributed by atoms with Gasteiger partial charge in [0, 0.05) is 45.2 Å². The van der Waals surface area contributed by atoms with Crippen LogP contribution in [0.5, 0.6) is 0 Å². The molecular formula is C23H28N2O. The summed E-state index contributed by atoms with van der Waals surface area (Å²) in [7, 11) is 1.77. The average molecular weight is 348 g/mol. The van der Waals surface area contributed by atoms with E-state index < -0.39 is 0 Å². The fourth-order valence-corrected chi connectivity index (χ4v) is 3.26. The van der Waals surface area contributed by atoms with E-state index in [-0.39, 0.29) is 0 Å². The van der Waals surface area contributed by atoms with Gasteiger partial charge in [-0.05, 0) is 30.2 Å². The molecule has 0 spiro atoms. The van der Waals surface area contributed by atoms with Crippen LogP contribution >= 0.6 is 0 Å². The van der Waals surface area contributed by atoms with Crippen molar-refractivity contribution in [2.75, 3.05) is 20.3 Å². The Morgan fingerprint density at radius 2 is 1.69 bits per heavy atom. The molecule has 3 nitrogen and oxygen atoms in total. The predicted molar refractivity (Wildman–Crippen MR) is 107 cm³/mol. The van der Waals surface area contributed by atoms with Crippen LogP contribution in [0, 0.1) is 6.92 Å². The quantitative estimate of drug-likeness (QED) is 0.567. The van der Waals surface area contributed by atoms with E-state index in [9.17, 15) is 0 Å². The Morgan fingerprint density at radius 3 is 2.46 bits per heavy atom. The van der Waals surface area contributed by atoms with Gasteiger partial charge in [0.15, 0.2) is 0 Å². The average Bonchev–Trinajstić information content (AvgIpc) is 3.07. The third kappa shape index (κ3) is 5.32. The number of hydrogen-bond acceptors (Lipinski definition) is 2. The van der Waals surface area contributed by atoms with Crippen LogP contribution in [-0.4, -0.2) is 29.7 Å². The van der Waals surface area contributed by atoms with Crippen molar-refractivity contribution >= 4 is 0 Å². The van der Waals surface area contributed by atoms with E-state index in [4.69, 9.17) is 4.74 Å². The SMILES string of the molecule is COCCN(Cc1ccccc1)Cc1cccn1Cc1cccc(C)c1. The molecule has 0 bridgehead atoms. The second-order valence-electron chi connectivity index (χ2n) is 6.81. The fraction of sp³-hybridized carbons (Fsp3) is 0.304. The van der Waals surface area contributed by atoms with Crippen LogP contribution in [0.2, 0.25) is 0 Å². The molecule has 3 heteroatoms. The molecule has 3 rings (SSSR count). The van der Waals surface area contributed by atoms with Crippen molar-refractivity contribution in [1.82, 2.24) is 9.47 Å². The number of nitrogens with zero attached hydrogens (tertiary/aromatic N) is 2. The highest BCUT2D eigenvalue weighted by atomic mass is 16.5. The Bertz CT molecular complexity index is 795. The van der Waals surface area contributed by atoms with Gasteiger partial charge in [-0.2, -0.15) is 0 Å². The molecule has 0 saturated heterocycles. The number of aromatic nitrogens is 1. The first-order valence-corrected chi connectivity index (χ1v) is 9.19. The number of hydrogen-bond donors (Lipinski definition) is 0. The van der Waals surface area contributed by atoms with Crippen LogP contribution in [0.25, 0.3) is 0 Å². The Balaban J connectivity index is 1.71. The number of benzene rings is 2. The zero-order valence-corrected chi connectivity index (χ0v) is 15.8. The molecule has 0 saturated carbocycles. The molecule has 26 heavy (non-hydrogen) atoms. The minimum absolute atomic E-state index is 0.741. The van der Waals surface area contributed by atoms with Crippen LogP contribution in [-0.2, 0) is 24.4 Å². The highest BCUT2D eigenvalue weighted by Gasteiger charge is 2.10. The van der Waals surface area contributed by atoms with E-state index in [0.717, 1.165) is 32.8 Å². The summed E-state index contributed by atoms with van der Waals surface area (Å²) < 4.78 is 7.67. The van der Waals surface area contributed by atoms with Crippen molar-refractivity contribution in [2.24, 2.45) is 0 Å². The maximum Gasteiger partial charge on any atom is 0.0589 e. The van der Waals surface area contributed by atoms with E-state index in [1.165, 1.54) is 22.4 Å². The first-order valence-electron chi connectivity index (χ1n) is 9.19. The largest absolute Gasteiger partial charge is 0.383 e. The molecule has 1 heterocycles. The van der Waals surface area contributed by atoms with Crippen LogP contribution in [0.15, 0.2) is 72.9 Å². The molecule has 136 valence electrons. The predicted octanol–water partition coefficient (Wildman–Crippen LogP) is 4.49. The van der Waals surface area contributed by atoms with Crippen molar-refractivity contribution in [2.45, 2.75) is 26.6 Å². The van der Waals surface area contributed by atoms with Crippen molar-refractivity contribution in [1.29, 1.82) is 0 Å². The Kier molecular flexibility index (Phi) is 6.64. The molecule has 2 aromatic carbocycles. The lowest BCUT2D eigenvalue weighted by molar-refractivity contribution is 0.138. The van der Waals surface area contributed by atoms with Gasteiger partial charge in [0.05, 0.1) is 6.61 Å². The van der Waals surface area contributed by atoms with Gasteiger partial charge in [0.25, 0.3) is 0 Å². The summed E-state index contributed by atoms with van der Waals surface area (Å²) in [6, 6.07) is 23.7. The van der Waals surface area contributed by atoms with E-state index >= 15 is 0 Å². The molecule has 0 unspecified atom stereocenters. The van der Waals surface area contributed by atoms with Gasteiger partial charge < -0.3 is 9.30 Å². The first kappa shape index (κ1) is 18.4. The summed E-state index contributed by atoms with van der Waals surface area (Å²) in [4.78, 5) is 2.45. The van der Waals surface area contributed by atoms with Crippen molar-refractivity contribution in [3.63, 3.8) is 0 Å². The van der Waals surface area contributed by atoms with Gasteiger partial charge >= 0.3 is 0 Å².